The summed E-state index contributed by atoms with van der Waals surface area (Å²) in [4.78, 5) is 16.6. The van der Waals surface area contributed by atoms with E-state index in [1.807, 2.05) is 27.8 Å². The van der Waals surface area contributed by atoms with Crippen molar-refractivity contribution in [2.24, 2.45) is 16.3 Å². The maximum Gasteiger partial charge on any atom is 0.407 e. The van der Waals surface area contributed by atoms with Crippen LogP contribution in [0.4, 0.5) is 4.79 Å². The van der Waals surface area contributed by atoms with Crippen LogP contribution in [-0.4, -0.2) is 55.5 Å². The molecular weight excluding hydrogens is 507 g/mol. The summed E-state index contributed by atoms with van der Waals surface area (Å²) in [6.07, 6.45) is 10.5. The Morgan fingerprint density at radius 1 is 1.00 bits per heavy atom. The molecule has 31 heavy (non-hydrogen) atoms. The SMILES string of the molecule is CN=C(NC1CCC(NC(=O)OC(C)(C)C)CC1)NC1C2CCOC2C12CCCC2.I. The van der Waals surface area contributed by atoms with Crippen molar-refractivity contribution in [3.63, 3.8) is 0 Å². The highest BCUT2D eigenvalue weighted by Gasteiger charge is 2.65. The monoisotopic (exact) mass is 548 g/mol. The van der Waals surface area contributed by atoms with Crippen molar-refractivity contribution in [1.82, 2.24) is 16.0 Å². The van der Waals surface area contributed by atoms with Gasteiger partial charge in [-0.1, -0.05) is 12.8 Å². The Morgan fingerprint density at radius 3 is 2.19 bits per heavy atom. The van der Waals surface area contributed by atoms with E-state index < -0.39 is 5.60 Å². The summed E-state index contributed by atoms with van der Waals surface area (Å²) in [7, 11) is 1.87. The molecule has 0 aromatic heterocycles. The van der Waals surface area contributed by atoms with Gasteiger partial charge in [-0.15, -0.1) is 24.0 Å². The zero-order valence-electron chi connectivity index (χ0n) is 19.5. The van der Waals surface area contributed by atoms with E-state index in [1.54, 1.807) is 0 Å². The van der Waals surface area contributed by atoms with Crippen molar-refractivity contribution in [1.29, 1.82) is 0 Å². The Hall–Kier alpha value is -0.770. The van der Waals surface area contributed by atoms with Gasteiger partial charge >= 0.3 is 6.09 Å². The summed E-state index contributed by atoms with van der Waals surface area (Å²) in [5.74, 6) is 1.57. The number of fused-ring (bicyclic) bond motifs is 2. The molecule has 0 aromatic carbocycles. The van der Waals surface area contributed by atoms with Crippen LogP contribution >= 0.6 is 24.0 Å². The molecule has 178 valence electrons. The van der Waals surface area contributed by atoms with Gasteiger partial charge in [0.25, 0.3) is 0 Å². The third kappa shape index (κ3) is 5.42. The lowest BCUT2D eigenvalue weighted by molar-refractivity contribution is -0.125. The van der Waals surface area contributed by atoms with Crippen molar-refractivity contribution < 1.29 is 14.3 Å². The van der Waals surface area contributed by atoms with Crippen LogP contribution in [0.25, 0.3) is 0 Å². The summed E-state index contributed by atoms with van der Waals surface area (Å²) < 4.78 is 11.5. The van der Waals surface area contributed by atoms with Crippen LogP contribution in [0.1, 0.15) is 78.6 Å². The molecule has 4 rings (SSSR count). The molecule has 1 heterocycles. The minimum Gasteiger partial charge on any atom is -0.444 e. The third-order valence-electron chi connectivity index (χ3n) is 7.59. The minimum atomic E-state index is -0.456. The average molecular weight is 549 g/mol. The second-order valence-electron chi connectivity index (χ2n) is 10.7. The molecule has 0 aromatic rings. The lowest BCUT2D eigenvalue weighted by atomic mass is 9.54. The topological polar surface area (TPSA) is 84.0 Å². The zero-order valence-corrected chi connectivity index (χ0v) is 21.9. The van der Waals surface area contributed by atoms with Gasteiger partial charge in [0, 0.05) is 43.1 Å². The van der Waals surface area contributed by atoms with E-state index in [0.717, 1.165) is 38.2 Å². The molecule has 3 aliphatic carbocycles. The first-order valence-electron chi connectivity index (χ1n) is 11.9. The lowest BCUT2D eigenvalue weighted by Gasteiger charge is -2.57. The van der Waals surface area contributed by atoms with Crippen LogP contribution in [0.2, 0.25) is 0 Å². The van der Waals surface area contributed by atoms with Gasteiger partial charge in [-0.3, -0.25) is 4.99 Å². The second kappa shape index (κ2) is 10.0. The van der Waals surface area contributed by atoms with E-state index in [1.165, 1.54) is 32.1 Å². The van der Waals surface area contributed by atoms with Gasteiger partial charge in [-0.25, -0.2) is 4.79 Å². The quantitative estimate of drug-likeness (QED) is 0.283. The van der Waals surface area contributed by atoms with E-state index in [2.05, 4.69) is 20.9 Å². The summed E-state index contributed by atoms with van der Waals surface area (Å²) >= 11 is 0. The van der Waals surface area contributed by atoms with Crippen molar-refractivity contribution in [2.45, 2.75) is 108 Å². The van der Waals surface area contributed by atoms with Crippen molar-refractivity contribution >= 4 is 36.0 Å². The molecule has 3 N–H and O–H groups in total. The predicted molar refractivity (Wildman–Crippen MR) is 133 cm³/mol. The first-order valence-corrected chi connectivity index (χ1v) is 11.9. The largest absolute Gasteiger partial charge is 0.444 e. The maximum absolute atomic E-state index is 12.0. The van der Waals surface area contributed by atoms with E-state index in [0.29, 0.717) is 29.5 Å². The molecule has 3 saturated carbocycles. The van der Waals surface area contributed by atoms with Crippen LogP contribution < -0.4 is 16.0 Å². The number of ether oxygens (including phenoxy) is 2. The van der Waals surface area contributed by atoms with E-state index in [4.69, 9.17) is 9.47 Å². The molecule has 1 saturated heterocycles. The third-order valence-corrected chi connectivity index (χ3v) is 7.59. The number of alkyl carbamates (subject to hydrolysis) is 1. The van der Waals surface area contributed by atoms with E-state index in [9.17, 15) is 4.79 Å². The molecule has 1 spiro atoms. The van der Waals surface area contributed by atoms with Crippen LogP contribution in [0.5, 0.6) is 0 Å². The molecule has 4 aliphatic rings. The standard InChI is InChI=1S/C23H40N4O3.HI/c1-22(2,3)30-21(28)26-16-9-7-15(8-10-16)25-20(24-4)27-18-17-11-14-29-19(17)23(18)12-5-6-13-23;/h15-19H,5-14H2,1-4H3,(H,26,28)(H2,24,25,27);1H. The fraction of sp³-hybridized carbons (Fsp3) is 0.913. The molecule has 4 fully saturated rings. The molecule has 7 nitrogen and oxygen atoms in total. The smallest absolute Gasteiger partial charge is 0.407 e. The number of amides is 1. The summed E-state index contributed by atoms with van der Waals surface area (Å²) in [5, 5.41) is 10.5. The molecule has 0 radical (unpaired) electrons. The Labute approximate surface area is 204 Å². The van der Waals surface area contributed by atoms with Gasteiger partial charge in [0.1, 0.15) is 5.60 Å². The summed E-state index contributed by atoms with van der Waals surface area (Å²) in [6, 6.07) is 1.07. The molecular formula is C23H41IN4O3. The summed E-state index contributed by atoms with van der Waals surface area (Å²) in [6.45, 7) is 6.59. The molecule has 3 unspecified atom stereocenters. The Bertz CT molecular complexity index is 652. The first-order chi connectivity index (χ1) is 14.3. The van der Waals surface area contributed by atoms with Crippen LogP contribution in [0, 0.1) is 11.3 Å². The fourth-order valence-electron chi connectivity index (χ4n) is 6.27. The fourth-order valence-corrected chi connectivity index (χ4v) is 6.27. The highest BCUT2D eigenvalue weighted by molar-refractivity contribution is 14.0. The van der Waals surface area contributed by atoms with Gasteiger partial charge in [0.05, 0.1) is 6.10 Å². The predicted octanol–water partition coefficient (Wildman–Crippen LogP) is 3.95. The Morgan fingerprint density at radius 2 is 1.61 bits per heavy atom. The number of guanidine groups is 1. The number of nitrogens with one attached hydrogen (secondary N) is 3. The van der Waals surface area contributed by atoms with Gasteiger partial charge in [-0.05, 0) is 65.7 Å². The summed E-state index contributed by atoms with van der Waals surface area (Å²) in [5.41, 5.74) is -0.129. The van der Waals surface area contributed by atoms with Crippen molar-refractivity contribution in [3.8, 4) is 0 Å². The highest BCUT2D eigenvalue weighted by Crippen LogP contribution is 2.60. The second-order valence-corrected chi connectivity index (χ2v) is 10.7. The van der Waals surface area contributed by atoms with Gasteiger partial charge in [-0.2, -0.15) is 0 Å². The lowest BCUT2D eigenvalue weighted by Crippen LogP contribution is -2.69. The number of hydrogen-bond acceptors (Lipinski definition) is 4. The Kier molecular flexibility index (Phi) is 8.03. The normalized spacial score (nSPS) is 34.3. The van der Waals surface area contributed by atoms with E-state index in [-0.39, 0.29) is 36.1 Å². The number of rotatable bonds is 3. The van der Waals surface area contributed by atoms with Crippen molar-refractivity contribution in [3.05, 3.63) is 0 Å². The first kappa shape index (κ1) is 24.9. The van der Waals surface area contributed by atoms with E-state index >= 15 is 0 Å². The maximum atomic E-state index is 12.0. The van der Waals surface area contributed by atoms with Crippen LogP contribution in [-0.2, 0) is 9.47 Å². The number of aliphatic imine (C=N–C) groups is 1. The van der Waals surface area contributed by atoms with Crippen LogP contribution in [0.3, 0.4) is 0 Å². The number of nitrogens with zero attached hydrogens (tertiary/aromatic N) is 1. The number of carbonyl (C=O) groups excluding carboxylic acids is 1. The van der Waals surface area contributed by atoms with Gasteiger partial charge < -0.3 is 25.4 Å². The van der Waals surface area contributed by atoms with Crippen LogP contribution in [0.15, 0.2) is 4.99 Å². The molecule has 8 heteroatoms. The Balaban J connectivity index is 0.00000272. The van der Waals surface area contributed by atoms with Gasteiger partial charge in [0.15, 0.2) is 5.96 Å². The number of hydrogen-bond donors (Lipinski definition) is 3. The average Bonchev–Trinajstić information content (AvgIpc) is 3.33. The molecule has 3 atom stereocenters. The number of carbonyl (C=O) groups is 1. The minimum absolute atomic E-state index is 0. The molecule has 1 aliphatic heterocycles. The molecule has 1 amide bonds. The van der Waals surface area contributed by atoms with Crippen molar-refractivity contribution in [2.75, 3.05) is 13.7 Å². The zero-order chi connectivity index (χ0) is 21.4. The van der Waals surface area contributed by atoms with Gasteiger partial charge in [0.2, 0.25) is 0 Å². The highest BCUT2D eigenvalue weighted by atomic mass is 127. The molecule has 0 bridgehead atoms. The number of halogens is 1.